The van der Waals surface area contributed by atoms with Crippen molar-refractivity contribution in [3.8, 4) is 0 Å². The molecule has 0 amide bonds. The fourth-order valence-corrected chi connectivity index (χ4v) is 4.24. The minimum atomic E-state index is 0.351. The molecule has 0 heterocycles. The maximum absolute atomic E-state index is 9.76. The van der Waals surface area contributed by atoms with E-state index in [9.17, 15) is 5.11 Å². The van der Waals surface area contributed by atoms with Crippen LogP contribution >= 0.6 is 0 Å². The minimum absolute atomic E-state index is 0.351. The minimum Gasteiger partial charge on any atom is -0.396 e. The van der Waals surface area contributed by atoms with Crippen molar-refractivity contribution in [3.63, 3.8) is 0 Å². The van der Waals surface area contributed by atoms with Crippen LogP contribution in [0.3, 0.4) is 0 Å². The molecule has 2 atom stereocenters. The molecule has 1 aliphatic rings. The molecule has 0 bridgehead atoms. The van der Waals surface area contributed by atoms with E-state index in [1.165, 1.54) is 42.0 Å². The molecule has 22 heavy (non-hydrogen) atoms. The first-order valence-corrected chi connectivity index (χ1v) is 8.66. The van der Waals surface area contributed by atoms with Gasteiger partial charge in [-0.1, -0.05) is 56.3 Å². The van der Waals surface area contributed by atoms with Crippen LogP contribution in [0.2, 0.25) is 0 Å². The molecule has 2 aromatic carbocycles. The normalized spacial score (nSPS) is 24.5. The first-order valence-electron chi connectivity index (χ1n) is 8.66. The van der Waals surface area contributed by atoms with Gasteiger partial charge in [-0.05, 0) is 65.7 Å². The van der Waals surface area contributed by atoms with Gasteiger partial charge in [0.25, 0.3) is 0 Å². The Morgan fingerprint density at radius 2 is 1.82 bits per heavy atom. The molecule has 1 aliphatic carbocycles. The Morgan fingerprint density at radius 3 is 2.64 bits per heavy atom. The summed E-state index contributed by atoms with van der Waals surface area (Å²) in [5.41, 5.74) is 1.86. The zero-order chi connectivity index (χ0) is 15.6. The Kier molecular flexibility index (Phi) is 4.54. The molecule has 2 aromatic rings. The summed E-state index contributed by atoms with van der Waals surface area (Å²) < 4.78 is 0. The van der Waals surface area contributed by atoms with E-state index >= 15 is 0 Å². The highest BCUT2D eigenvalue weighted by Crippen LogP contribution is 2.43. The lowest BCUT2D eigenvalue weighted by Gasteiger charge is -2.40. The van der Waals surface area contributed by atoms with Crippen molar-refractivity contribution in [3.05, 3.63) is 48.0 Å². The van der Waals surface area contributed by atoms with Crippen molar-refractivity contribution in [2.75, 3.05) is 6.61 Å². The molecule has 0 spiro atoms. The van der Waals surface area contributed by atoms with Crippen molar-refractivity contribution < 1.29 is 5.11 Å². The van der Waals surface area contributed by atoms with Crippen molar-refractivity contribution in [1.82, 2.24) is 0 Å². The molecule has 0 radical (unpaired) electrons. The van der Waals surface area contributed by atoms with Crippen LogP contribution in [0.15, 0.2) is 42.5 Å². The van der Waals surface area contributed by atoms with E-state index in [0.717, 1.165) is 6.42 Å². The standard InChI is InChI=1S/C21H28O/c1-21(2)13-12-16(19(14-21)15-22)10-11-18-8-5-7-17-6-3-4-9-20(17)18/h3-9,16,19,22H,10-15H2,1-2H3. The zero-order valence-electron chi connectivity index (χ0n) is 13.9. The van der Waals surface area contributed by atoms with Crippen molar-refractivity contribution in [2.24, 2.45) is 17.3 Å². The summed E-state index contributed by atoms with van der Waals surface area (Å²) >= 11 is 0. The van der Waals surface area contributed by atoms with Crippen LogP contribution in [0.4, 0.5) is 0 Å². The van der Waals surface area contributed by atoms with E-state index in [4.69, 9.17) is 0 Å². The largest absolute Gasteiger partial charge is 0.396 e. The van der Waals surface area contributed by atoms with E-state index in [1.807, 2.05) is 0 Å². The van der Waals surface area contributed by atoms with E-state index in [1.54, 1.807) is 0 Å². The molecule has 3 rings (SSSR count). The van der Waals surface area contributed by atoms with Crippen LogP contribution in [0, 0.1) is 17.3 Å². The lowest BCUT2D eigenvalue weighted by molar-refractivity contribution is 0.0641. The third-order valence-electron chi connectivity index (χ3n) is 5.57. The highest BCUT2D eigenvalue weighted by Gasteiger charge is 2.34. The first kappa shape index (κ1) is 15.6. The molecule has 1 heteroatoms. The van der Waals surface area contributed by atoms with Crippen LogP contribution < -0.4 is 0 Å². The fourth-order valence-electron chi connectivity index (χ4n) is 4.24. The molecular formula is C21H28O. The van der Waals surface area contributed by atoms with Crippen LogP contribution in [-0.2, 0) is 6.42 Å². The summed E-state index contributed by atoms with van der Waals surface area (Å²) in [5, 5.41) is 12.5. The molecule has 0 aliphatic heterocycles. The number of aliphatic hydroxyl groups is 1. The van der Waals surface area contributed by atoms with Crippen LogP contribution in [0.1, 0.15) is 45.1 Å². The van der Waals surface area contributed by atoms with E-state index in [0.29, 0.717) is 23.9 Å². The lowest BCUT2D eigenvalue weighted by Crippen LogP contribution is -2.32. The van der Waals surface area contributed by atoms with Gasteiger partial charge in [-0.3, -0.25) is 0 Å². The molecule has 118 valence electrons. The monoisotopic (exact) mass is 296 g/mol. The number of aryl methyl sites for hydroxylation is 1. The smallest absolute Gasteiger partial charge is 0.0462 e. The van der Waals surface area contributed by atoms with Crippen LogP contribution in [-0.4, -0.2) is 11.7 Å². The predicted octanol–water partition coefficient (Wildman–Crippen LogP) is 5.21. The molecule has 1 nitrogen and oxygen atoms in total. The maximum Gasteiger partial charge on any atom is 0.0462 e. The van der Waals surface area contributed by atoms with Gasteiger partial charge in [0.2, 0.25) is 0 Å². The Hall–Kier alpha value is -1.34. The molecule has 0 aromatic heterocycles. The van der Waals surface area contributed by atoms with Crippen LogP contribution in [0.25, 0.3) is 10.8 Å². The summed E-state index contributed by atoms with van der Waals surface area (Å²) in [5.74, 6) is 1.16. The molecule has 1 fully saturated rings. The van der Waals surface area contributed by atoms with Crippen molar-refractivity contribution in [1.29, 1.82) is 0 Å². The number of aliphatic hydroxyl groups excluding tert-OH is 1. The molecule has 1 N–H and O–H groups in total. The Labute approximate surface area is 134 Å². The van der Waals surface area contributed by atoms with Gasteiger partial charge >= 0.3 is 0 Å². The first-order chi connectivity index (χ1) is 10.6. The molecular weight excluding hydrogens is 268 g/mol. The third kappa shape index (κ3) is 3.35. The van der Waals surface area contributed by atoms with Gasteiger partial charge in [0, 0.05) is 6.61 Å². The summed E-state index contributed by atoms with van der Waals surface area (Å²) in [6, 6.07) is 15.3. The average molecular weight is 296 g/mol. The van der Waals surface area contributed by atoms with Gasteiger partial charge in [-0.15, -0.1) is 0 Å². The SMILES string of the molecule is CC1(C)CCC(CCc2cccc3ccccc23)C(CO)C1. The fraction of sp³-hybridized carbons (Fsp3) is 0.524. The Morgan fingerprint density at radius 1 is 1.05 bits per heavy atom. The van der Waals surface area contributed by atoms with E-state index in [-0.39, 0.29) is 0 Å². The second kappa shape index (κ2) is 6.42. The number of hydrogen-bond donors (Lipinski definition) is 1. The van der Waals surface area contributed by atoms with Crippen LogP contribution in [0.5, 0.6) is 0 Å². The summed E-state index contributed by atoms with van der Waals surface area (Å²) in [6.45, 7) is 5.04. The van der Waals surface area contributed by atoms with Gasteiger partial charge < -0.3 is 5.11 Å². The highest BCUT2D eigenvalue weighted by molar-refractivity contribution is 5.85. The zero-order valence-corrected chi connectivity index (χ0v) is 13.9. The van der Waals surface area contributed by atoms with E-state index in [2.05, 4.69) is 56.3 Å². The average Bonchev–Trinajstić information content (AvgIpc) is 2.53. The van der Waals surface area contributed by atoms with Gasteiger partial charge in [-0.2, -0.15) is 0 Å². The molecule has 2 unspecified atom stereocenters. The Balaban J connectivity index is 1.71. The predicted molar refractivity (Wildman–Crippen MR) is 94.0 cm³/mol. The number of benzene rings is 2. The Bertz CT molecular complexity index is 623. The van der Waals surface area contributed by atoms with E-state index < -0.39 is 0 Å². The van der Waals surface area contributed by atoms with Gasteiger partial charge in [0.15, 0.2) is 0 Å². The number of hydrogen-bond acceptors (Lipinski definition) is 1. The summed E-state index contributed by atoms with van der Waals surface area (Å²) in [7, 11) is 0. The van der Waals surface area contributed by atoms with Gasteiger partial charge in [0.05, 0.1) is 0 Å². The third-order valence-corrected chi connectivity index (χ3v) is 5.57. The second-order valence-corrected chi connectivity index (χ2v) is 7.79. The van der Waals surface area contributed by atoms with Gasteiger partial charge in [0.1, 0.15) is 0 Å². The summed E-state index contributed by atoms with van der Waals surface area (Å²) in [4.78, 5) is 0. The summed E-state index contributed by atoms with van der Waals surface area (Å²) in [6.07, 6.45) is 6.06. The van der Waals surface area contributed by atoms with Crippen molar-refractivity contribution >= 4 is 10.8 Å². The molecule has 1 saturated carbocycles. The molecule has 0 saturated heterocycles. The quantitative estimate of drug-likeness (QED) is 0.821. The van der Waals surface area contributed by atoms with Gasteiger partial charge in [-0.25, -0.2) is 0 Å². The second-order valence-electron chi connectivity index (χ2n) is 7.79. The lowest BCUT2D eigenvalue weighted by atomic mass is 9.66. The number of fused-ring (bicyclic) bond motifs is 1. The van der Waals surface area contributed by atoms with Crippen molar-refractivity contribution in [2.45, 2.75) is 46.0 Å². The topological polar surface area (TPSA) is 20.2 Å². The highest BCUT2D eigenvalue weighted by atomic mass is 16.3. The number of rotatable bonds is 4. The maximum atomic E-state index is 9.76.